The highest BCUT2D eigenvalue weighted by molar-refractivity contribution is 7.18. The molecule has 0 spiro atoms. The fourth-order valence-electron chi connectivity index (χ4n) is 2.90. The number of nitrogens with zero attached hydrogens (tertiary/aromatic N) is 4. The molecule has 1 saturated heterocycles. The van der Waals surface area contributed by atoms with E-state index in [0.717, 1.165) is 28.1 Å². The number of nitrogens with one attached hydrogen (secondary N) is 1. The van der Waals surface area contributed by atoms with Crippen molar-refractivity contribution in [3.63, 3.8) is 0 Å². The van der Waals surface area contributed by atoms with Gasteiger partial charge in [-0.05, 0) is 31.5 Å². The summed E-state index contributed by atoms with van der Waals surface area (Å²) in [7, 11) is 0. The molecule has 7 heteroatoms. The molecule has 1 N–H and O–H groups in total. The van der Waals surface area contributed by atoms with Crippen LogP contribution in [-0.4, -0.2) is 40.5 Å². The molecule has 0 aromatic carbocycles. The third-order valence-corrected chi connectivity index (χ3v) is 5.37. The number of aromatic nitrogens is 3. The lowest BCUT2D eigenvalue weighted by molar-refractivity contribution is -0.120. The number of hydrogen-bond donors (Lipinski definition) is 1. The molecule has 4 heterocycles. The van der Waals surface area contributed by atoms with Crippen molar-refractivity contribution in [1.82, 2.24) is 20.3 Å². The summed E-state index contributed by atoms with van der Waals surface area (Å²) in [4.78, 5) is 29.8. The van der Waals surface area contributed by atoms with Crippen LogP contribution < -0.4 is 10.2 Å². The standard InChI is InChI=1S/C17H17N5OS/c1-10-11(2)24-17-14(10)16(22-7-6-19-13(23)9-22)20-15(21-17)12-4-3-5-18-8-12/h3-5,8H,6-7,9H2,1-2H3,(H,19,23). The number of carbonyl (C=O) groups is 1. The van der Waals surface area contributed by atoms with E-state index in [1.54, 1.807) is 23.7 Å². The van der Waals surface area contributed by atoms with Crippen LogP contribution in [0.5, 0.6) is 0 Å². The SMILES string of the molecule is Cc1sc2nc(-c3cccnc3)nc(N3CCNC(=O)C3)c2c1C. The van der Waals surface area contributed by atoms with Crippen molar-refractivity contribution in [1.29, 1.82) is 0 Å². The van der Waals surface area contributed by atoms with Crippen LogP contribution in [0.15, 0.2) is 24.5 Å². The fraction of sp³-hybridized carbons (Fsp3) is 0.294. The minimum atomic E-state index is 0.0283. The second-order valence-corrected chi connectivity index (χ2v) is 7.05. The normalized spacial score (nSPS) is 14.9. The molecule has 0 aliphatic carbocycles. The summed E-state index contributed by atoms with van der Waals surface area (Å²) in [6.07, 6.45) is 3.50. The van der Waals surface area contributed by atoms with Gasteiger partial charge in [-0.2, -0.15) is 0 Å². The van der Waals surface area contributed by atoms with Gasteiger partial charge < -0.3 is 10.2 Å². The zero-order valence-electron chi connectivity index (χ0n) is 13.5. The van der Waals surface area contributed by atoms with Gasteiger partial charge in [-0.3, -0.25) is 9.78 Å². The Morgan fingerprint density at radius 2 is 2.17 bits per heavy atom. The van der Waals surface area contributed by atoms with E-state index in [1.807, 2.05) is 17.0 Å². The number of amides is 1. The van der Waals surface area contributed by atoms with Crippen LogP contribution in [0.4, 0.5) is 5.82 Å². The maximum Gasteiger partial charge on any atom is 0.239 e. The van der Waals surface area contributed by atoms with Gasteiger partial charge in [0.1, 0.15) is 10.6 Å². The van der Waals surface area contributed by atoms with Crippen molar-refractivity contribution >= 4 is 33.3 Å². The molecule has 3 aromatic rings. The zero-order valence-corrected chi connectivity index (χ0v) is 14.4. The van der Waals surface area contributed by atoms with Crippen LogP contribution in [0.25, 0.3) is 21.6 Å². The van der Waals surface area contributed by atoms with Crippen LogP contribution in [-0.2, 0) is 4.79 Å². The smallest absolute Gasteiger partial charge is 0.239 e. The second-order valence-electron chi connectivity index (χ2n) is 5.85. The highest BCUT2D eigenvalue weighted by Crippen LogP contribution is 2.36. The Kier molecular flexibility index (Phi) is 3.65. The predicted octanol–water partition coefficient (Wildman–Crippen LogP) is 2.31. The van der Waals surface area contributed by atoms with Gasteiger partial charge in [-0.15, -0.1) is 11.3 Å². The molecule has 1 aliphatic rings. The molecule has 0 saturated carbocycles. The fourth-order valence-corrected chi connectivity index (χ4v) is 3.92. The van der Waals surface area contributed by atoms with Gasteiger partial charge in [0.05, 0.1) is 11.9 Å². The molecule has 6 nitrogen and oxygen atoms in total. The minimum absolute atomic E-state index is 0.0283. The summed E-state index contributed by atoms with van der Waals surface area (Å²) in [6, 6.07) is 3.83. The van der Waals surface area contributed by atoms with Gasteiger partial charge in [0.25, 0.3) is 0 Å². The topological polar surface area (TPSA) is 71.0 Å². The van der Waals surface area contributed by atoms with Crippen LogP contribution in [0.2, 0.25) is 0 Å². The number of aryl methyl sites for hydroxylation is 2. The monoisotopic (exact) mass is 339 g/mol. The lowest BCUT2D eigenvalue weighted by Gasteiger charge is -2.28. The van der Waals surface area contributed by atoms with E-state index in [9.17, 15) is 4.79 Å². The maximum atomic E-state index is 11.8. The number of hydrogen-bond acceptors (Lipinski definition) is 6. The quantitative estimate of drug-likeness (QED) is 0.776. The Bertz CT molecular complexity index is 922. The summed E-state index contributed by atoms with van der Waals surface area (Å²) in [5.41, 5.74) is 2.07. The van der Waals surface area contributed by atoms with Gasteiger partial charge in [0.15, 0.2) is 5.82 Å². The molecule has 0 atom stereocenters. The minimum Gasteiger partial charge on any atom is -0.353 e. The molecule has 3 aromatic heterocycles. The Balaban J connectivity index is 1.93. The lowest BCUT2D eigenvalue weighted by atomic mass is 10.2. The summed E-state index contributed by atoms with van der Waals surface area (Å²) >= 11 is 1.67. The number of fused-ring (bicyclic) bond motifs is 1. The van der Waals surface area contributed by atoms with Crippen molar-refractivity contribution in [3.05, 3.63) is 35.0 Å². The Morgan fingerprint density at radius 3 is 2.92 bits per heavy atom. The van der Waals surface area contributed by atoms with Gasteiger partial charge in [-0.25, -0.2) is 9.97 Å². The highest BCUT2D eigenvalue weighted by Gasteiger charge is 2.23. The van der Waals surface area contributed by atoms with Crippen molar-refractivity contribution in [3.8, 4) is 11.4 Å². The Morgan fingerprint density at radius 1 is 1.29 bits per heavy atom. The average Bonchev–Trinajstić information content (AvgIpc) is 2.89. The Hall–Kier alpha value is -2.54. The first-order chi connectivity index (χ1) is 11.6. The van der Waals surface area contributed by atoms with E-state index in [2.05, 4.69) is 24.1 Å². The molecule has 24 heavy (non-hydrogen) atoms. The summed E-state index contributed by atoms with van der Waals surface area (Å²) in [5.74, 6) is 1.52. The molecular formula is C17H17N5OS. The van der Waals surface area contributed by atoms with Crippen molar-refractivity contribution < 1.29 is 4.79 Å². The zero-order chi connectivity index (χ0) is 16.7. The number of pyridine rings is 1. The molecule has 0 radical (unpaired) electrons. The largest absolute Gasteiger partial charge is 0.353 e. The predicted molar refractivity (Wildman–Crippen MR) is 95.3 cm³/mol. The molecule has 1 aliphatic heterocycles. The van der Waals surface area contributed by atoms with Gasteiger partial charge in [0.2, 0.25) is 5.91 Å². The Labute approximate surface area is 143 Å². The van der Waals surface area contributed by atoms with Crippen molar-refractivity contribution in [2.24, 2.45) is 0 Å². The lowest BCUT2D eigenvalue weighted by Crippen LogP contribution is -2.48. The number of carbonyl (C=O) groups excluding carboxylic acids is 1. The van der Waals surface area contributed by atoms with Gasteiger partial charge in [0, 0.05) is 35.9 Å². The average molecular weight is 339 g/mol. The first-order valence-corrected chi connectivity index (χ1v) is 8.65. The number of thiophene rings is 1. The molecule has 4 rings (SSSR count). The van der Waals surface area contributed by atoms with Crippen LogP contribution in [0.1, 0.15) is 10.4 Å². The van der Waals surface area contributed by atoms with E-state index >= 15 is 0 Å². The molecular weight excluding hydrogens is 322 g/mol. The summed E-state index contributed by atoms with van der Waals surface area (Å²) in [6.45, 7) is 5.90. The second kappa shape index (κ2) is 5.83. The maximum absolute atomic E-state index is 11.8. The first kappa shape index (κ1) is 15.0. The summed E-state index contributed by atoms with van der Waals surface area (Å²) < 4.78 is 0. The van der Waals surface area contributed by atoms with E-state index < -0.39 is 0 Å². The first-order valence-electron chi connectivity index (χ1n) is 7.83. The molecule has 1 amide bonds. The van der Waals surface area contributed by atoms with Crippen molar-refractivity contribution in [2.45, 2.75) is 13.8 Å². The molecule has 0 unspecified atom stereocenters. The van der Waals surface area contributed by atoms with Gasteiger partial charge in [-0.1, -0.05) is 0 Å². The number of anilines is 1. The molecule has 1 fully saturated rings. The molecule has 0 bridgehead atoms. The van der Waals surface area contributed by atoms with Crippen LogP contribution >= 0.6 is 11.3 Å². The third-order valence-electron chi connectivity index (χ3n) is 4.27. The van der Waals surface area contributed by atoms with E-state index in [0.29, 0.717) is 18.9 Å². The third kappa shape index (κ3) is 2.50. The molecule has 122 valence electrons. The van der Waals surface area contributed by atoms with Crippen molar-refractivity contribution in [2.75, 3.05) is 24.5 Å². The van der Waals surface area contributed by atoms with E-state index in [-0.39, 0.29) is 5.91 Å². The number of rotatable bonds is 2. The highest BCUT2D eigenvalue weighted by atomic mass is 32.1. The summed E-state index contributed by atoms with van der Waals surface area (Å²) in [5, 5.41) is 3.92. The van der Waals surface area contributed by atoms with E-state index in [1.165, 1.54) is 10.4 Å². The van der Waals surface area contributed by atoms with Crippen LogP contribution in [0, 0.1) is 13.8 Å². The van der Waals surface area contributed by atoms with Crippen LogP contribution in [0.3, 0.4) is 0 Å². The van der Waals surface area contributed by atoms with E-state index in [4.69, 9.17) is 9.97 Å². The van der Waals surface area contributed by atoms with Gasteiger partial charge >= 0.3 is 0 Å². The number of piperazine rings is 1.